The maximum Gasteiger partial charge on any atom is 0.337 e. The molecule has 0 bridgehead atoms. The van der Waals surface area contributed by atoms with E-state index in [1.165, 1.54) is 4.88 Å². The van der Waals surface area contributed by atoms with E-state index < -0.39 is 5.97 Å². The largest absolute Gasteiger partial charge is 0.478 e. The highest BCUT2D eigenvalue weighted by atomic mass is 32.1. The summed E-state index contributed by atoms with van der Waals surface area (Å²) in [6, 6.07) is 12.1. The van der Waals surface area contributed by atoms with E-state index in [1.807, 2.05) is 36.4 Å². The number of nitrogens with zero attached hydrogens (tertiary/aromatic N) is 1. The van der Waals surface area contributed by atoms with Crippen molar-refractivity contribution in [2.45, 2.75) is 39.7 Å². The summed E-state index contributed by atoms with van der Waals surface area (Å²) in [5.74, 6) is -0.825. The normalized spacial score (nSPS) is 15.1. The number of carboxylic acids is 1. The van der Waals surface area contributed by atoms with Gasteiger partial charge in [-0.1, -0.05) is 44.2 Å². The lowest BCUT2D eigenvalue weighted by molar-refractivity contribution is 0.0696. The molecule has 0 aliphatic heterocycles. The van der Waals surface area contributed by atoms with Gasteiger partial charge < -0.3 is 9.84 Å². The van der Waals surface area contributed by atoms with Gasteiger partial charge in [-0.3, -0.25) is 4.98 Å². The zero-order valence-electron chi connectivity index (χ0n) is 17.0. The minimum atomic E-state index is -0.825. The van der Waals surface area contributed by atoms with Gasteiger partial charge in [-0.05, 0) is 47.4 Å². The van der Waals surface area contributed by atoms with Crippen molar-refractivity contribution in [3.8, 4) is 21.6 Å². The first-order valence-corrected chi connectivity index (χ1v) is 10.6. The molecule has 2 heterocycles. The van der Waals surface area contributed by atoms with E-state index in [9.17, 15) is 9.90 Å². The van der Waals surface area contributed by atoms with Crippen molar-refractivity contribution >= 4 is 17.3 Å². The van der Waals surface area contributed by atoms with Gasteiger partial charge in [0.25, 0.3) is 0 Å². The number of carbonyl (C=O) groups is 1. The van der Waals surface area contributed by atoms with Crippen LogP contribution in [0, 0.1) is 5.41 Å². The molecule has 150 valence electrons. The summed E-state index contributed by atoms with van der Waals surface area (Å²) in [4.78, 5) is 18.7. The SMILES string of the molecule is COCc1ncccc1-c1ccc(-c2sc3c(c2C(=O)O)CC(C)(C)CC3)cc1. The third kappa shape index (κ3) is 3.85. The van der Waals surface area contributed by atoms with Crippen LogP contribution in [0.2, 0.25) is 0 Å². The number of rotatable bonds is 5. The lowest BCUT2D eigenvalue weighted by atomic mass is 9.76. The molecule has 0 spiro atoms. The Morgan fingerprint density at radius 2 is 1.93 bits per heavy atom. The number of aryl methyl sites for hydroxylation is 1. The van der Waals surface area contributed by atoms with Crippen LogP contribution in [0.25, 0.3) is 21.6 Å². The first kappa shape index (κ1) is 19.8. The summed E-state index contributed by atoms with van der Waals surface area (Å²) in [6.45, 7) is 4.90. The Morgan fingerprint density at radius 3 is 2.62 bits per heavy atom. The minimum Gasteiger partial charge on any atom is -0.478 e. The first-order valence-electron chi connectivity index (χ1n) is 9.81. The van der Waals surface area contributed by atoms with Crippen molar-refractivity contribution in [3.05, 3.63) is 64.3 Å². The van der Waals surface area contributed by atoms with Gasteiger partial charge in [0.05, 0.1) is 17.9 Å². The van der Waals surface area contributed by atoms with E-state index in [-0.39, 0.29) is 5.41 Å². The average molecular weight is 408 g/mol. The molecule has 0 unspecified atom stereocenters. The van der Waals surface area contributed by atoms with E-state index in [0.717, 1.165) is 52.1 Å². The summed E-state index contributed by atoms with van der Waals surface area (Å²) in [7, 11) is 1.66. The zero-order chi connectivity index (χ0) is 20.6. The Morgan fingerprint density at radius 1 is 1.21 bits per heavy atom. The fraction of sp³-hybridized carbons (Fsp3) is 0.333. The van der Waals surface area contributed by atoms with Gasteiger partial charge >= 0.3 is 5.97 Å². The second-order valence-electron chi connectivity index (χ2n) is 8.36. The smallest absolute Gasteiger partial charge is 0.337 e. The zero-order valence-corrected chi connectivity index (χ0v) is 17.8. The Balaban J connectivity index is 1.74. The first-order chi connectivity index (χ1) is 13.9. The third-order valence-corrected chi connectivity index (χ3v) is 6.96. The molecule has 2 aromatic heterocycles. The fourth-order valence-electron chi connectivity index (χ4n) is 4.10. The van der Waals surface area contributed by atoms with Crippen LogP contribution in [-0.4, -0.2) is 23.2 Å². The highest BCUT2D eigenvalue weighted by Gasteiger charge is 2.32. The van der Waals surface area contributed by atoms with Crippen LogP contribution in [-0.2, 0) is 24.2 Å². The molecule has 0 radical (unpaired) electrons. The summed E-state index contributed by atoms with van der Waals surface area (Å²) in [5, 5.41) is 9.95. The van der Waals surface area contributed by atoms with Crippen molar-refractivity contribution in [1.29, 1.82) is 0 Å². The van der Waals surface area contributed by atoms with Gasteiger partial charge in [0, 0.05) is 28.6 Å². The number of carboxylic acid groups (broad SMARTS) is 1. The molecular formula is C24H25NO3S. The maximum absolute atomic E-state index is 12.1. The number of aromatic carboxylic acids is 1. The molecule has 0 saturated heterocycles. The molecule has 1 aliphatic rings. The molecule has 1 aromatic carbocycles. The molecule has 5 heteroatoms. The molecule has 0 amide bonds. The molecule has 29 heavy (non-hydrogen) atoms. The van der Waals surface area contributed by atoms with E-state index in [4.69, 9.17) is 4.74 Å². The predicted octanol–water partition coefficient (Wildman–Crippen LogP) is 5.84. The quantitative estimate of drug-likeness (QED) is 0.577. The molecule has 1 N–H and O–H groups in total. The number of hydrogen-bond donors (Lipinski definition) is 1. The number of thiophene rings is 1. The second kappa shape index (κ2) is 7.73. The van der Waals surface area contributed by atoms with E-state index in [1.54, 1.807) is 24.6 Å². The summed E-state index contributed by atoms with van der Waals surface area (Å²) >= 11 is 1.64. The van der Waals surface area contributed by atoms with Gasteiger partial charge in [0.1, 0.15) is 0 Å². The summed E-state index contributed by atoms with van der Waals surface area (Å²) in [5.41, 5.74) is 5.61. The number of ether oxygens (including phenoxy) is 1. The van der Waals surface area contributed by atoms with Crippen LogP contribution in [0.4, 0.5) is 0 Å². The minimum absolute atomic E-state index is 0.150. The van der Waals surface area contributed by atoms with Gasteiger partial charge in [-0.2, -0.15) is 0 Å². The maximum atomic E-state index is 12.1. The number of hydrogen-bond acceptors (Lipinski definition) is 4. The third-order valence-electron chi connectivity index (χ3n) is 5.62. The molecule has 0 atom stereocenters. The molecule has 4 nitrogen and oxygen atoms in total. The molecule has 4 rings (SSSR count). The highest BCUT2D eigenvalue weighted by molar-refractivity contribution is 7.16. The van der Waals surface area contributed by atoms with Gasteiger partial charge in [0.2, 0.25) is 0 Å². The van der Waals surface area contributed by atoms with Crippen LogP contribution >= 0.6 is 11.3 Å². The van der Waals surface area contributed by atoms with Crippen LogP contribution in [0.5, 0.6) is 0 Å². The van der Waals surface area contributed by atoms with Crippen molar-refractivity contribution in [2.75, 3.05) is 7.11 Å². The summed E-state index contributed by atoms with van der Waals surface area (Å²) < 4.78 is 5.26. The van der Waals surface area contributed by atoms with Gasteiger partial charge in [-0.15, -0.1) is 11.3 Å². The predicted molar refractivity (Wildman–Crippen MR) is 116 cm³/mol. The Labute approximate surface area is 175 Å². The van der Waals surface area contributed by atoms with Crippen molar-refractivity contribution in [2.24, 2.45) is 5.41 Å². The number of benzene rings is 1. The highest BCUT2D eigenvalue weighted by Crippen LogP contribution is 2.45. The Bertz CT molecular complexity index is 1050. The molecular weight excluding hydrogens is 382 g/mol. The van der Waals surface area contributed by atoms with Crippen LogP contribution in [0.1, 0.15) is 46.8 Å². The Kier molecular flexibility index (Phi) is 5.28. The number of methoxy groups -OCH3 is 1. The number of fused-ring (bicyclic) bond motifs is 1. The van der Waals surface area contributed by atoms with E-state index in [0.29, 0.717) is 12.2 Å². The number of aromatic nitrogens is 1. The van der Waals surface area contributed by atoms with Crippen LogP contribution in [0.15, 0.2) is 42.6 Å². The number of pyridine rings is 1. The lowest BCUT2D eigenvalue weighted by Crippen LogP contribution is -2.22. The van der Waals surface area contributed by atoms with Gasteiger partial charge in [0.15, 0.2) is 0 Å². The van der Waals surface area contributed by atoms with Crippen molar-refractivity contribution in [1.82, 2.24) is 4.98 Å². The van der Waals surface area contributed by atoms with Crippen LogP contribution in [0.3, 0.4) is 0 Å². The Hall–Kier alpha value is -2.50. The summed E-state index contributed by atoms with van der Waals surface area (Å²) in [6.07, 6.45) is 4.65. The molecule has 0 saturated carbocycles. The fourth-order valence-corrected chi connectivity index (χ4v) is 5.42. The molecule has 1 aliphatic carbocycles. The van der Waals surface area contributed by atoms with Crippen molar-refractivity contribution in [3.63, 3.8) is 0 Å². The molecule has 3 aromatic rings. The second-order valence-corrected chi connectivity index (χ2v) is 9.47. The molecule has 0 fully saturated rings. The topological polar surface area (TPSA) is 59.4 Å². The van der Waals surface area contributed by atoms with E-state index >= 15 is 0 Å². The lowest BCUT2D eigenvalue weighted by Gasteiger charge is -2.29. The monoisotopic (exact) mass is 407 g/mol. The standard InChI is InChI=1S/C24H25NO3S/c1-24(2)11-10-20-18(13-24)21(23(26)27)22(29-20)16-8-6-15(7-9-16)17-5-4-12-25-19(17)14-28-3/h4-9,12H,10-11,13-14H2,1-3H3,(H,26,27). The van der Waals surface area contributed by atoms with Crippen LogP contribution < -0.4 is 0 Å². The van der Waals surface area contributed by atoms with Gasteiger partial charge in [-0.25, -0.2) is 4.79 Å². The van der Waals surface area contributed by atoms with Crippen molar-refractivity contribution < 1.29 is 14.6 Å². The average Bonchev–Trinajstić information content (AvgIpc) is 3.06. The van der Waals surface area contributed by atoms with E-state index in [2.05, 4.69) is 18.8 Å².